The van der Waals surface area contributed by atoms with Crippen LogP contribution in [0.3, 0.4) is 0 Å². The minimum atomic E-state index is 0.591. The number of fused-ring (bicyclic) bond motifs is 1. The molecule has 1 saturated heterocycles. The summed E-state index contributed by atoms with van der Waals surface area (Å²) in [7, 11) is 1.69. The molecule has 2 aromatic heterocycles. The van der Waals surface area contributed by atoms with Gasteiger partial charge in [-0.3, -0.25) is 4.90 Å². The molecule has 3 aromatic rings. The maximum absolute atomic E-state index is 5.27. The molecular formula is C20H24N4OS. The fourth-order valence-electron chi connectivity index (χ4n) is 3.75. The third-order valence-corrected chi connectivity index (χ3v) is 6.07. The van der Waals surface area contributed by atoms with Crippen LogP contribution >= 0.6 is 11.3 Å². The highest BCUT2D eigenvalue weighted by molar-refractivity contribution is 7.17. The van der Waals surface area contributed by atoms with Gasteiger partial charge in [0.2, 0.25) is 0 Å². The van der Waals surface area contributed by atoms with Gasteiger partial charge in [-0.2, -0.15) is 0 Å². The Morgan fingerprint density at radius 3 is 2.88 bits per heavy atom. The van der Waals surface area contributed by atoms with Gasteiger partial charge >= 0.3 is 0 Å². The molecule has 1 aromatic carbocycles. The Bertz CT molecular complexity index is 877. The summed E-state index contributed by atoms with van der Waals surface area (Å²) in [5, 5.41) is 6.88. The van der Waals surface area contributed by atoms with Gasteiger partial charge in [-0.15, -0.1) is 11.3 Å². The fraction of sp³-hybridized carbons (Fsp3) is 0.400. The summed E-state index contributed by atoms with van der Waals surface area (Å²) in [4.78, 5) is 12.6. The number of hydrogen-bond donors (Lipinski definition) is 1. The molecule has 0 saturated carbocycles. The molecule has 0 aliphatic carbocycles. The lowest BCUT2D eigenvalue weighted by Gasteiger charge is -2.23. The quantitative estimate of drug-likeness (QED) is 0.704. The molecule has 6 heteroatoms. The van der Waals surface area contributed by atoms with Crippen LogP contribution in [-0.4, -0.2) is 47.7 Å². The van der Waals surface area contributed by atoms with Crippen LogP contribution < -0.4 is 10.1 Å². The summed E-state index contributed by atoms with van der Waals surface area (Å²) in [5.41, 5.74) is 2.33. The molecule has 0 radical (unpaired) electrons. The van der Waals surface area contributed by atoms with Gasteiger partial charge < -0.3 is 10.1 Å². The molecule has 1 N–H and O–H groups in total. The molecule has 0 bridgehead atoms. The van der Waals surface area contributed by atoms with Gasteiger partial charge in [0.1, 0.15) is 22.7 Å². The van der Waals surface area contributed by atoms with E-state index in [4.69, 9.17) is 4.74 Å². The average molecular weight is 369 g/mol. The number of likely N-dealkylation sites (tertiary alicyclic amines) is 1. The Morgan fingerprint density at radius 1 is 1.27 bits per heavy atom. The van der Waals surface area contributed by atoms with E-state index in [0.717, 1.165) is 40.4 Å². The van der Waals surface area contributed by atoms with Crippen LogP contribution in [0.5, 0.6) is 5.75 Å². The van der Waals surface area contributed by atoms with Gasteiger partial charge in [0.05, 0.1) is 12.5 Å². The average Bonchev–Trinajstić information content (AvgIpc) is 3.33. The summed E-state index contributed by atoms with van der Waals surface area (Å²) in [6.07, 6.45) is 4.20. The van der Waals surface area contributed by atoms with Gasteiger partial charge in [0.25, 0.3) is 0 Å². The second-order valence-corrected chi connectivity index (χ2v) is 7.44. The number of likely N-dealkylation sites (N-methyl/N-ethyl adjacent to an activating group) is 1. The van der Waals surface area contributed by atoms with Crippen molar-refractivity contribution < 1.29 is 4.74 Å². The second kappa shape index (κ2) is 7.60. The Kier molecular flexibility index (Phi) is 5.04. The van der Waals surface area contributed by atoms with Crippen molar-refractivity contribution in [1.82, 2.24) is 14.9 Å². The maximum atomic E-state index is 5.27. The van der Waals surface area contributed by atoms with Crippen molar-refractivity contribution in [3.05, 3.63) is 36.0 Å². The van der Waals surface area contributed by atoms with E-state index in [2.05, 4.69) is 44.6 Å². The zero-order chi connectivity index (χ0) is 17.9. The number of rotatable bonds is 6. The predicted molar refractivity (Wildman–Crippen MR) is 108 cm³/mol. The lowest BCUT2D eigenvalue weighted by molar-refractivity contribution is 0.277. The first kappa shape index (κ1) is 17.2. The van der Waals surface area contributed by atoms with Crippen LogP contribution in [0.2, 0.25) is 0 Å². The molecule has 1 aliphatic heterocycles. The van der Waals surface area contributed by atoms with Crippen LogP contribution in [-0.2, 0) is 0 Å². The van der Waals surface area contributed by atoms with Crippen LogP contribution in [0.25, 0.3) is 21.3 Å². The minimum Gasteiger partial charge on any atom is -0.497 e. The fourth-order valence-corrected chi connectivity index (χ4v) is 4.67. The first-order valence-corrected chi connectivity index (χ1v) is 10.0. The third-order valence-electron chi connectivity index (χ3n) is 5.18. The number of nitrogens with one attached hydrogen (secondary N) is 1. The molecule has 1 fully saturated rings. The van der Waals surface area contributed by atoms with E-state index in [1.54, 1.807) is 24.8 Å². The van der Waals surface area contributed by atoms with Gasteiger partial charge in [-0.25, -0.2) is 9.97 Å². The van der Waals surface area contributed by atoms with Gasteiger partial charge in [0, 0.05) is 23.5 Å². The number of thiophene rings is 1. The normalized spacial score (nSPS) is 17.7. The molecule has 0 amide bonds. The molecule has 4 rings (SSSR count). The lowest BCUT2D eigenvalue weighted by atomic mass is 10.1. The summed E-state index contributed by atoms with van der Waals surface area (Å²) < 4.78 is 5.27. The summed E-state index contributed by atoms with van der Waals surface area (Å²) >= 11 is 1.66. The summed E-state index contributed by atoms with van der Waals surface area (Å²) in [6.45, 7) is 5.48. The number of nitrogens with zero attached hydrogens (tertiary/aromatic N) is 3. The van der Waals surface area contributed by atoms with E-state index in [1.807, 2.05) is 12.1 Å². The van der Waals surface area contributed by atoms with Gasteiger partial charge in [-0.05, 0) is 43.6 Å². The molecule has 1 atom stereocenters. The minimum absolute atomic E-state index is 0.591. The zero-order valence-corrected chi connectivity index (χ0v) is 16.1. The van der Waals surface area contributed by atoms with Gasteiger partial charge in [0.15, 0.2) is 0 Å². The number of hydrogen-bond acceptors (Lipinski definition) is 6. The van der Waals surface area contributed by atoms with Crippen molar-refractivity contribution in [3.8, 4) is 16.9 Å². The zero-order valence-electron chi connectivity index (χ0n) is 15.2. The monoisotopic (exact) mass is 368 g/mol. The SMILES string of the molecule is CCN1CCCC1CNc1ncnc2scc(-c3ccc(OC)cc3)c12. The van der Waals surface area contributed by atoms with E-state index in [9.17, 15) is 0 Å². The number of benzene rings is 1. The Balaban J connectivity index is 1.63. The molecule has 26 heavy (non-hydrogen) atoms. The topological polar surface area (TPSA) is 50.3 Å². The van der Waals surface area contributed by atoms with Crippen molar-refractivity contribution in [2.45, 2.75) is 25.8 Å². The highest BCUT2D eigenvalue weighted by Crippen LogP contribution is 2.37. The van der Waals surface area contributed by atoms with Crippen molar-refractivity contribution >= 4 is 27.4 Å². The predicted octanol–water partition coefficient (Wildman–Crippen LogP) is 4.26. The summed E-state index contributed by atoms with van der Waals surface area (Å²) in [5.74, 6) is 1.80. The van der Waals surface area contributed by atoms with Crippen molar-refractivity contribution in [1.29, 1.82) is 0 Å². The van der Waals surface area contributed by atoms with Crippen LogP contribution in [0.4, 0.5) is 5.82 Å². The second-order valence-electron chi connectivity index (χ2n) is 6.59. The Labute approximate surface area is 158 Å². The van der Waals surface area contributed by atoms with Crippen molar-refractivity contribution in [3.63, 3.8) is 0 Å². The molecule has 136 valence electrons. The number of anilines is 1. The third kappa shape index (κ3) is 3.27. The van der Waals surface area contributed by atoms with Crippen LogP contribution in [0.1, 0.15) is 19.8 Å². The van der Waals surface area contributed by atoms with E-state index in [1.165, 1.54) is 24.9 Å². The van der Waals surface area contributed by atoms with E-state index in [-0.39, 0.29) is 0 Å². The lowest BCUT2D eigenvalue weighted by Crippen LogP contribution is -2.34. The van der Waals surface area contributed by atoms with Gasteiger partial charge in [-0.1, -0.05) is 19.1 Å². The largest absolute Gasteiger partial charge is 0.497 e. The van der Waals surface area contributed by atoms with E-state index >= 15 is 0 Å². The highest BCUT2D eigenvalue weighted by atomic mass is 32.1. The first-order valence-electron chi connectivity index (χ1n) is 9.14. The molecular weight excluding hydrogens is 344 g/mol. The van der Waals surface area contributed by atoms with Crippen LogP contribution in [0, 0.1) is 0 Å². The van der Waals surface area contributed by atoms with Crippen molar-refractivity contribution in [2.24, 2.45) is 0 Å². The Hall–Kier alpha value is -2.18. The van der Waals surface area contributed by atoms with Crippen molar-refractivity contribution in [2.75, 3.05) is 32.1 Å². The molecule has 3 heterocycles. The first-order chi connectivity index (χ1) is 12.8. The number of aromatic nitrogens is 2. The molecule has 1 aliphatic rings. The van der Waals surface area contributed by atoms with E-state index < -0.39 is 0 Å². The van der Waals surface area contributed by atoms with Crippen LogP contribution in [0.15, 0.2) is 36.0 Å². The van der Waals surface area contributed by atoms with E-state index in [0.29, 0.717) is 6.04 Å². The molecule has 1 unspecified atom stereocenters. The standard InChI is InChI=1S/C20H24N4OS/c1-3-24-10-4-5-15(24)11-21-19-18-17(12-26-20(18)23-13-22-19)14-6-8-16(25-2)9-7-14/h6-9,12-13,15H,3-5,10-11H2,1-2H3,(H,21,22,23). The number of methoxy groups -OCH3 is 1. The number of ether oxygens (including phenoxy) is 1. The summed E-state index contributed by atoms with van der Waals surface area (Å²) in [6, 6.07) is 8.76. The smallest absolute Gasteiger partial charge is 0.138 e. The maximum Gasteiger partial charge on any atom is 0.138 e. The molecule has 0 spiro atoms. The Morgan fingerprint density at radius 2 is 2.12 bits per heavy atom. The highest BCUT2D eigenvalue weighted by Gasteiger charge is 2.23. The molecule has 5 nitrogen and oxygen atoms in total.